The Morgan fingerprint density at radius 2 is 2.14 bits per heavy atom. The Morgan fingerprint density at radius 3 is 2.82 bits per heavy atom. The van der Waals surface area contributed by atoms with Crippen molar-refractivity contribution < 1.29 is 14.4 Å². The van der Waals surface area contributed by atoms with Crippen molar-refractivity contribution in [3.05, 3.63) is 41.7 Å². The molecular weight excluding hydrogens is 280 g/mol. The molecule has 1 aromatic carbocycles. The molecule has 5 nitrogen and oxygen atoms in total. The smallest absolute Gasteiger partial charge is 0.289 e. The van der Waals surface area contributed by atoms with Gasteiger partial charge in [-0.1, -0.05) is 41.4 Å². The van der Waals surface area contributed by atoms with Crippen LogP contribution in [0.3, 0.4) is 0 Å². The van der Waals surface area contributed by atoms with E-state index in [9.17, 15) is 9.90 Å². The lowest BCUT2D eigenvalue weighted by molar-refractivity contribution is 0.0881. The average Bonchev–Trinajstić information content (AvgIpc) is 3.15. The standard InChI is InChI=1S/C17H20N2O3/c1-11-5-7-12(8-6-11)14-9-16(22-19-14)17(21)18-10-13-3-2-4-15(13)20/h5-9,13,15,20H,2-4,10H2,1H3,(H,18,21). The quantitative estimate of drug-likeness (QED) is 0.910. The van der Waals surface area contributed by atoms with E-state index in [4.69, 9.17) is 4.52 Å². The fraction of sp³-hybridized carbons (Fsp3) is 0.412. The van der Waals surface area contributed by atoms with Crippen LogP contribution in [-0.4, -0.2) is 28.8 Å². The zero-order chi connectivity index (χ0) is 15.5. The molecule has 1 aliphatic rings. The summed E-state index contributed by atoms with van der Waals surface area (Å²) in [5, 5.41) is 16.5. The summed E-state index contributed by atoms with van der Waals surface area (Å²) in [4.78, 5) is 12.1. The molecule has 1 aromatic heterocycles. The summed E-state index contributed by atoms with van der Waals surface area (Å²) in [7, 11) is 0. The number of hydrogen-bond acceptors (Lipinski definition) is 4. The van der Waals surface area contributed by atoms with Gasteiger partial charge in [-0.05, 0) is 19.8 Å². The number of carbonyl (C=O) groups excluding carboxylic acids is 1. The lowest BCUT2D eigenvalue weighted by Crippen LogP contribution is -2.32. The third-order valence-corrected chi connectivity index (χ3v) is 4.23. The second-order valence-corrected chi connectivity index (χ2v) is 5.91. The number of aryl methyl sites for hydroxylation is 1. The monoisotopic (exact) mass is 300 g/mol. The Bertz CT molecular complexity index is 648. The Kier molecular flexibility index (Phi) is 4.24. The highest BCUT2D eigenvalue weighted by atomic mass is 16.5. The number of benzene rings is 1. The highest BCUT2D eigenvalue weighted by Crippen LogP contribution is 2.25. The largest absolute Gasteiger partial charge is 0.393 e. The van der Waals surface area contributed by atoms with E-state index in [2.05, 4.69) is 10.5 Å². The van der Waals surface area contributed by atoms with Crippen LogP contribution in [0.15, 0.2) is 34.9 Å². The average molecular weight is 300 g/mol. The highest BCUT2D eigenvalue weighted by Gasteiger charge is 2.26. The Balaban J connectivity index is 1.63. The van der Waals surface area contributed by atoms with Gasteiger partial charge in [-0.2, -0.15) is 0 Å². The molecule has 1 fully saturated rings. The van der Waals surface area contributed by atoms with Crippen molar-refractivity contribution in [2.75, 3.05) is 6.54 Å². The van der Waals surface area contributed by atoms with E-state index in [1.165, 1.54) is 5.56 Å². The van der Waals surface area contributed by atoms with Crippen LogP contribution < -0.4 is 5.32 Å². The molecule has 2 unspecified atom stereocenters. The van der Waals surface area contributed by atoms with Gasteiger partial charge in [0, 0.05) is 24.1 Å². The lowest BCUT2D eigenvalue weighted by atomic mass is 10.1. The van der Waals surface area contributed by atoms with Gasteiger partial charge in [0.25, 0.3) is 5.91 Å². The molecule has 0 spiro atoms. The van der Waals surface area contributed by atoms with Gasteiger partial charge in [-0.15, -0.1) is 0 Å². The SMILES string of the molecule is Cc1ccc(-c2cc(C(=O)NCC3CCCC3O)on2)cc1. The van der Waals surface area contributed by atoms with E-state index in [1.807, 2.05) is 31.2 Å². The molecule has 0 bridgehead atoms. The van der Waals surface area contributed by atoms with Crippen molar-refractivity contribution in [3.8, 4) is 11.3 Å². The van der Waals surface area contributed by atoms with Gasteiger partial charge in [0.2, 0.25) is 5.76 Å². The zero-order valence-electron chi connectivity index (χ0n) is 12.6. The summed E-state index contributed by atoms with van der Waals surface area (Å²) in [6.07, 6.45) is 2.48. The fourth-order valence-corrected chi connectivity index (χ4v) is 2.81. The molecule has 1 saturated carbocycles. The molecule has 1 heterocycles. The summed E-state index contributed by atoms with van der Waals surface area (Å²) in [5.41, 5.74) is 2.73. The van der Waals surface area contributed by atoms with E-state index in [0.717, 1.165) is 24.8 Å². The van der Waals surface area contributed by atoms with Gasteiger partial charge in [-0.25, -0.2) is 0 Å². The molecule has 116 valence electrons. The van der Waals surface area contributed by atoms with Crippen LogP contribution in [0, 0.1) is 12.8 Å². The van der Waals surface area contributed by atoms with Gasteiger partial charge in [0.05, 0.1) is 6.10 Å². The van der Waals surface area contributed by atoms with Gasteiger partial charge in [-0.3, -0.25) is 4.79 Å². The zero-order valence-corrected chi connectivity index (χ0v) is 12.6. The first-order chi connectivity index (χ1) is 10.6. The van der Waals surface area contributed by atoms with E-state index in [1.54, 1.807) is 6.07 Å². The molecule has 1 aliphatic carbocycles. The maximum Gasteiger partial charge on any atom is 0.289 e. The Labute approximate surface area is 129 Å². The molecule has 1 amide bonds. The first kappa shape index (κ1) is 14.8. The molecule has 22 heavy (non-hydrogen) atoms. The molecule has 3 rings (SSSR count). The number of nitrogens with zero attached hydrogens (tertiary/aromatic N) is 1. The molecule has 0 radical (unpaired) electrons. The minimum atomic E-state index is -0.307. The van der Waals surface area contributed by atoms with Crippen LogP contribution in [0.1, 0.15) is 35.4 Å². The summed E-state index contributed by atoms with van der Waals surface area (Å²) < 4.78 is 5.13. The second-order valence-electron chi connectivity index (χ2n) is 5.91. The number of aromatic nitrogens is 1. The van der Waals surface area contributed by atoms with Crippen LogP contribution in [0.4, 0.5) is 0 Å². The van der Waals surface area contributed by atoms with Crippen molar-refractivity contribution in [2.45, 2.75) is 32.3 Å². The molecule has 2 atom stereocenters. The van der Waals surface area contributed by atoms with Crippen molar-refractivity contribution in [1.29, 1.82) is 0 Å². The molecule has 5 heteroatoms. The van der Waals surface area contributed by atoms with Gasteiger partial charge in [0.1, 0.15) is 5.69 Å². The molecular formula is C17H20N2O3. The normalized spacial score (nSPS) is 21.0. The van der Waals surface area contributed by atoms with Crippen LogP contribution >= 0.6 is 0 Å². The van der Waals surface area contributed by atoms with Crippen LogP contribution in [0.2, 0.25) is 0 Å². The number of carbonyl (C=O) groups is 1. The Morgan fingerprint density at radius 1 is 1.36 bits per heavy atom. The third kappa shape index (κ3) is 3.20. The van der Waals surface area contributed by atoms with Crippen LogP contribution in [-0.2, 0) is 0 Å². The highest BCUT2D eigenvalue weighted by molar-refractivity contribution is 5.92. The first-order valence-electron chi connectivity index (χ1n) is 7.63. The van der Waals surface area contributed by atoms with Gasteiger partial charge >= 0.3 is 0 Å². The number of aliphatic hydroxyl groups is 1. The van der Waals surface area contributed by atoms with Crippen molar-refractivity contribution in [1.82, 2.24) is 10.5 Å². The predicted octanol–water partition coefficient (Wildman–Crippen LogP) is 2.54. The van der Waals surface area contributed by atoms with Crippen molar-refractivity contribution in [2.24, 2.45) is 5.92 Å². The summed E-state index contributed by atoms with van der Waals surface area (Å²) in [6.45, 7) is 2.49. The summed E-state index contributed by atoms with van der Waals surface area (Å²) in [6, 6.07) is 9.52. The minimum absolute atomic E-state index is 0.142. The number of hydrogen-bond donors (Lipinski definition) is 2. The van der Waals surface area contributed by atoms with Crippen molar-refractivity contribution in [3.63, 3.8) is 0 Å². The van der Waals surface area contributed by atoms with E-state index < -0.39 is 0 Å². The number of rotatable bonds is 4. The fourth-order valence-electron chi connectivity index (χ4n) is 2.81. The van der Waals surface area contributed by atoms with Crippen LogP contribution in [0.5, 0.6) is 0 Å². The summed E-state index contributed by atoms with van der Waals surface area (Å²) >= 11 is 0. The number of amides is 1. The van der Waals surface area contributed by atoms with Crippen molar-refractivity contribution >= 4 is 5.91 Å². The topological polar surface area (TPSA) is 75.4 Å². The van der Waals surface area contributed by atoms with Gasteiger partial charge < -0.3 is 14.9 Å². The summed E-state index contributed by atoms with van der Waals surface area (Å²) in [5.74, 6) is 0.0523. The van der Waals surface area contributed by atoms with E-state index in [-0.39, 0.29) is 23.7 Å². The predicted molar refractivity (Wildman–Crippen MR) is 82.4 cm³/mol. The Hall–Kier alpha value is -2.14. The molecule has 0 saturated heterocycles. The number of nitrogens with one attached hydrogen (secondary N) is 1. The lowest BCUT2D eigenvalue weighted by Gasteiger charge is -2.14. The first-order valence-corrected chi connectivity index (χ1v) is 7.63. The van der Waals surface area contributed by atoms with E-state index >= 15 is 0 Å². The maximum absolute atomic E-state index is 12.1. The molecule has 0 aliphatic heterocycles. The molecule has 2 aromatic rings. The maximum atomic E-state index is 12.1. The van der Waals surface area contributed by atoms with E-state index in [0.29, 0.717) is 12.2 Å². The second kappa shape index (κ2) is 6.32. The number of aliphatic hydroxyl groups excluding tert-OH is 1. The third-order valence-electron chi connectivity index (χ3n) is 4.23. The minimum Gasteiger partial charge on any atom is -0.393 e. The molecule has 2 N–H and O–H groups in total. The van der Waals surface area contributed by atoms with Crippen LogP contribution in [0.25, 0.3) is 11.3 Å². The van der Waals surface area contributed by atoms with Gasteiger partial charge in [0.15, 0.2) is 0 Å².